The molecule has 4 saturated carbocycles. The summed E-state index contributed by atoms with van der Waals surface area (Å²) in [6, 6.07) is 0.835. The van der Waals surface area contributed by atoms with Crippen LogP contribution in [0.5, 0.6) is 0 Å². The Morgan fingerprint density at radius 3 is 2.52 bits per heavy atom. The van der Waals surface area contributed by atoms with Crippen LogP contribution < -0.4 is 5.32 Å². The first-order chi connectivity index (χ1) is 11.2. The van der Waals surface area contributed by atoms with Gasteiger partial charge in [0.2, 0.25) is 0 Å². The molecule has 4 rings (SSSR count). The van der Waals surface area contributed by atoms with Gasteiger partial charge in [0.15, 0.2) is 0 Å². The number of hydrogen-bond acceptors (Lipinski definition) is 1. The second-order valence-electron chi connectivity index (χ2n) is 9.87. The number of nitrogens with one attached hydrogen (secondary N) is 1. The van der Waals surface area contributed by atoms with Crippen molar-refractivity contribution in [3.05, 3.63) is 0 Å². The van der Waals surface area contributed by atoms with Crippen LogP contribution in [-0.2, 0) is 0 Å². The van der Waals surface area contributed by atoms with Gasteiger partial charge < -0.3 is 5.32 Å². The van der Waals surface area contributed by atoms with Gasteiger partial charge in [0.1, 0.15) is 0 Å². The highest BCUT2D eigenvalue weighted by Crippen LogP contribution is 2.57. The van der Waals surface area contributed by atoms with Crippen molar-refractivity contribution in [2.45, 2.75) is 96.9 Å². The molecule has 0 radical (unpaired) electrons. The van der Waals surface area contributed by atoms with Crippen LogP contribution in [0.2, 0.25) is 0 Å². The van der Waals surface area contributed by atoms with E-state index >= 15 is 0 Å². The maximum atomic E-state index is 3.76. The Morgan fingerprint density at radius 2 is 1.65 bits per heavy atom. The lowest BCUT2D eigenvalue weighted by molar-refractivity contribution is 0.0571. The lowest BCUT2D eigenvalue weighted by atomic mass is 9.61. The van der Waals surface area contributed by atoms with E-state index in [0.29, 0.717) is 5.41 Å². The predicted octanol–water partition coefficient (Wildman–Crippen LogP) is 5.79. The van der Waals surface area contributed by atoms with Crippen molar-refractivity contribution in [3.63, 3.8) is 0 Å². The van der Waals surface area contributed by atoms with Gasteiger partial charge in [-0.3, -0.25) is 0 Å². The highest BCUT2D eigenvalue weighted by atomic mass is 14.9. The quantitative estimate of drug-likeness (QED) is 0.680. The molecule has 132 valence electrons. The van der Waals surface area contributed by atoms with Gasteiger partial charge in [-0.2, -0.15) is 0 Å². The summed E-state index contributed by atoms with van der Waals surface area (Å²) in [7, 11) is 0. The predicted molar refractivity (Wildman–Crippen MR) is 98.4 cm³/mol. The molecular formula is C22H39N. The fourth-order valence-electron chi connectivity index (χ4n) is 7.58. The summed E-state index contributed by atoms with van der Waals surface area (Å²) in [5.41, 5.74) is 0.714. The number of rotatable bonds is 2. The van der Waals surface area contributed by atoms with E-state index in [1.165, 1.54) is 38.5 Å². The van der Waals surface area contributed by atoms with Gasteiger partial charge in [-0.25, -0.2) is 0 Å². The van der Waals surface area contributed by atoms with Gasteiger partial charge in [0.25, 0.3) is 0 Å². The fraction of sp³-hybridized carbons (Fsp3) is 1.00. The highest BCUT2D eigenvalue weighted by molar-refractivity contribution is 4.99. The summed E-state index contributed by atoms with van der Waals surface area (Å²) in [6.07, 6.45) is 18.5. The summed E-state index contributed by atoms with van der Waals surface area (Å²) in [5.74, 6) is 5.37. The summed E-state index contributed by atoms with van der Waals surface area (Å²) in [6.45, 7) is 6.11. The van der Waals surface area contributed by atoms with Crippen LogP contribution in [0.4, 0.5) is 0 Å². The smallest absolute Gasteiger partial charge is 0.00697 e. The molecule has 0 amide bonds. The van der Waals surface area contributed by atoms with Crippen LogP contribution in [0, 0.1) is 35.0 Å². The summed E-state index contributed by atoms with van der Waals surface area (Å²) >= 11 is 0. The largest absolute Gasteiger partial charge is 0.314 e. The van der Waals surface area contributed by atoms with E-state index in [-0.39, 0.29) is 0 Å². The Kier molecular flexibility index (Phi) is 4.78. The van der Waals surface area contributed by atoms with Crippen LogP contribution in [0.1, 0.15) is 90.9 Å². The second kappa shape index (κ2) is 6.70. The molecule has 3 unspecified atom stereocenters. The normalized spacial score (nSPS) is 50.3. The third-order valence-corrected chi connectivity index (χ3v) is 8.72. The van der Waals surface area contributed by atoms with E-state index < -0.39 is 0 Å². The third kappa shape index (κ3) is 3.12. The van der Waals surface area contributed by atoms with Gasteiger partial charge in [-0.1, -0.05) is 26.7 Å². The second-order valence-corrected chi connectivity index (χ2v) is 9.87. The average molecular weight is 318 g/mol. The molecule has 7 atom stereocenters. The first-order valence-corrected chi connectivity index (χ1v) is 10.9. The molecule has 4 aliphatic carbocycles. The molecule has 0 aromatic heterocycles. The Hall–Kier alpha value is -0.0400. The molecule has 4 fully saturated rings. The third-order valence-electron chi connectivity index (χ3n) is 8.72. The zero-order valence-electron chi connectivity index (χ0n) is 15.7. The van der Waals surface area contributed by atoms with Crippen molar-refractivity contribution in [2.75, 3.05) is 6.54 Å². The Bertz CT molecular complexity index is 405. The van der Waals surface area contributed by atoms with Crippen molar-refractivity contribution in [2.24, 2.45) is 35.0 Å². The van der Waals surface area contributed by atoms with E-state index in [1.54, 1.807) is 38.5 Å². The number of hydrogen-bond donors (Lipinski definition) is 1. The molecule has 0 heterocycles. The van der Waals surface area contributed by atoms with Crippen LogP contribution in [0.25, 0.3) is 0 Å². The molecule has 0 aromatic carbocycles. The lowest BCUT2D eigenvalue weighted by Crippen LogP contribution is -2.39. The summed E-state index contributed by atoms with van der Waals surface area (Å²) < 4.78 is 0. The summed E-state index contributed by atoms with van der Waals surface area (Å²) in [5, 5.41) is 3.76. The molecule has 23 heavy (non-hydrogen) atoms. The minimum absolute atomic E-state index is 0.714. The zero-order chi connectivity index (χ0) is 15.9. The topological polar surface area (TPSA) is 12.0 Å². The van der Waals surface area contributed by atoms with Crippen molar-refractivity contribution in [1.82, 2.24) is 5.32 Å². The van der Waals surface area contributed by atoms with Crippen LogP contribution in [0.15, 0.2) is 0 Å². The van der Waals surface area contributed by atoms with Crippen LogP contribution in [0.3, 0.4) is 0 Å². The molecule has 0 aromatic rings. The van der Waals surface area contributed by atoms with Gasteiger partial charge >= 0.3 is 0 Å². The molecule has 0 saturated heterocycles. The van der Waals surface area contributed by atoms with Crippen molar-refractivity contribution in [1.29, 1.82) is 0 Å². The van der Waals surface area contributed by atoms with Crippen LogP contribution >= 0.6 is 0 Å². The SMILES string of the molecule is CCN[C@H]1CC[C@H]2C(CC[C@@H]3CC2CC[C@]2(C)CCCCC32)C1. The van der Waals surface area contributed by atoms with Crippen molar-refractivity contribution >= 4 is 0 Å². The zero-order valence-corrected chi connectivity index (χ0v) is 15.7. The van der Waals surface area contributed by atoms with Crippen molar-refractivity contribution in [3.8, 4) is 0 Å². The minimum atomic E-state index is 0.714. The molecule has 2 bridgehead atoms. The molecule has 1 N–H and O–H groups in total. The standard InChI is InChI=1S/C22H39N/c1-3-23-19-9-10-20-16(15-19)7-8-18-14-17(20)11-13-22(2)12-5-4-6-21(18)22/h16-21,23H,3-15H2,1-2H3/t16?,17?,18-,19+,20+,21?,22+/m1/s1. The molecule has 4 aliphatic rings. The Labute approximate surface area is 144 Å². The first kappa shape index (κ1) is 16.4. The Balaban J connectivity index is 1.51. The summed E-state index contributed by atoms with van der Waals surface area (Å²) in [4.78, 5) is 0. The van der Waals surface area contributed by atoms with Gasteiger partial charge in [0.05, 0.1) is 0 Å². The van der Waals surface area contributed by atoms with Crippen LogP contribution in [-0.4, -0.2) is 12.6 Å². The fourth-order valence-corrected chi connectivity index (χ4v) is 7.58. The van der Waals surface area contributed by atoms with E-state index in [4.69, 9.17) is 0 Å². The molecule has 0 spiro atoms. The van der Waals surface area contributed by atoms with Gasteiger partial charge in [-0.15, -0.1) is 0 Å². The Morgan fingerprint density at radius 1 is 0.826 bits per heavy atom. The average Bonchev–Trinajstić information content (AvgIpc) is 2.82. The molecule has 1 nitrogen and oxygen atoms in total. The lowest BCUT2D eigenvalue weighted by Gasteiger charge is -2.45. The van der Waals surface area contributed by atoms with Gasteiger partial charge in [-0.05, 0) is 106 Å². The number of fused-ring (bicyclic) bond motifs is 6. The van der Waals surface area contributed by atoms with E-state index in [1.807, 2.05) is 0 Å². The van der Waals surface area contributed by atoms with Gasteiger partial charge in [0, 0.05) is 6.04 Å². The maximum absolute atomic E-state index is 3.76. The minimum Gasteiger partial charge on any atom is -0.314 e. The molecular weight excluding hydrogens is 278 g/mol. The molecule has 1 heteroatoms. The molecule has 0 aliphatic heterocycles. The monoisotopic (exact) mass is 317 g/mol. The highest BCUT2D eigenvalue weighted by Gasteiger charge is 2.48. The van der Waals surface area contributed by atoms with E-state index in [2.05, 4.69) is 19.2 Å². The van der Waals surface area contributed by atoms with Crippen molar-refractivity contribution < 1.29 is 0 Å². The maximum Gasteiger partial charge on any atom is 0.00697 e. The van der Waals surface area contributed by atoms with E-state index in [0.717, 1.165) is 42.2 Å². The first-order valence-electron chi connectivity index (χ1n) is 10.9. The van der Waals surface area contributed by atoms with E-state index in [9.17, 15) is 0 Å².